The van der Waals surface area contributed by atoms with Crippen LogP contribution < -0.4 is 11.1 Å². The van der Waals surface area contributed by atoms with Crippen LogP contribution in [0, 0.1) is 13.8 Å². The van der Waals surface area contributed by atoms with E-state index in [4.69, 9.17) is 5.73 Å². The minimum Gasteiger partial charge on any atom is -0.382 e. The van der Waals surface area contributed by atoms with Crippen molar-refractivity contribution in [2.45, 2.75) is 13.8 Å². The summed E-state index contributed by atoms with van der Waals surface area (Å²) in [6.45, 7) is 3.88. The van der Waals surface area contributed by atoms with Gasteiger partial charge in [-0.25, -0.2) is 0 Å². The first-order valence-electron chi connectivity index (χ1n) is 5.54. The second-order valence-corrected chi connectivity index (χ2v) is 4.06. The number of carbonyl (C=O) groups excluding carboxylic acids is 1. The van der Waals surface area contributed by atoms with Crippen molar-refractivity contribution < 1.29 is 4.79 Å². The molecule has 1 aromatic heterocycles. The van der Waals surface area contributed by atoms with Gasteiger partial charge < -0.3 is 11.1 Å². The average Bonchev–Trinajstić information content (AvgIpc) is 2.34. The molecule has 0 fully saturated rings. The van der Waals surface area contributed by atoms with Gasteiger partial charge in [0.1, 0.15) is 5.82 Å². The minimum absolute atomic E-state index is 0.242. The summed E-state index contributed by atoms with van der Waals surface area (Å²) in [5, 5.41) is 10.2. The van der Waals surface area contributed by atoms with Crippen molar-refractivity contribution in [1.29, 1.82) is 0 Å². The molecule has 5 nitrogen and oxygen atoms in total. The summed E-state index contributed by atoms with van der Waals surface area (Å²) in [4.78, 5) is 12.0. The number of aryl methyl sites for hydroxylation is 2. The first-order chi connectivity index (χ1) is 8.58. The normalized spacial score (nSPS) is 10.1. The number of nitrogens with two attached hydrogens (primary N) is 1. The van der Waals surface area contributed by atoms with Gasteiger partial charge in [-0.1, -0.05) is 18.2 Å². The molecule has 0 radical (unpaired) electrons. The quantitative estimate of drug-likeness (QED) is 0.843. The molecule has 0 aliphatic carbocycles. The van der Waals surface area contributed by atoms with E-state index in [1.165, 1.54) is 0 Å². The van der Waals surface area contributed by atoms with Crippen LogP contribution in [-0.2, 0) is 0 Å². The molecule has 1 heterocycles. The van der Waals surface area contributed by atoms with Crippen molar-refractivity contribution in [3.63, 3.8) is 0 Å². The molecule has 0 atom stereocenters. The van der Waals surface area contributed by atoms with Crippen molar-refractivity contribution in [3.05, 3.63) is 47.2 Å². The van der Waals surface area contributed by atoms with Crippen LogP contribution in [0.1, 0.15) is 21.6 Å². The number of amides is 1. The zero-order valence-corrected chi connectivity index (χ0v) is 10.3. The molecule has 3 N–H and O–H groups in total. The van der Waals surface area contributed by atoms with Crippen LogP contribution in [0.3, 0.4) is 0 Å². The maximum Gasteiger partial charge on any atom is 0.276 e. The molecular formula is C13H14N4O. The summed E-state index contributed by atoms with van der Waals surface area (Å²) < 4.78 is 0. The molecule has 18 heavy (non-hydrogen) atoms. The Labute approximate surface area is 105 Å². The molecule has 92 valence electrons. The van der Waals surface area contributed by atoms with E-state index in [0.717, 1.165) is 16.8 Å². The average molecular weight is 242 g/mol. The van der Waals surface area contributed by atoms with Crippen LogP contribution in [0.2, 0.25) is 0 Å². The molecule has 0 unspecified atom stereocenters. The van der Waals surface area contributed by atoms with Crippen molar-refractivity contribution in [2.24, 2.45) is 0 Å². The number of anilines is 2. The minimum atomic E-state index is -0.292. The monoisotopic (exact) mass is 242 g/mol. The second-order valence-electron chi connectivity index (χ2n) is 4.06. The largest absolute Gasteiger partial charge is 0.382 e. The van der Waals surface area contributed by atoms with Crippen LogP contribution in [0.5, 0.6) is 0 Å². The van der Waals surface area contributed by atoms with E-state index in [9.17, 15) is 4.79 Å². The van der Waals surface area contributed by atoms with Crippen molar-refractivity contribution >= 4 is 17.4 Å². The van der Waals surface area contributed by atoms with E-state index in [0.29, 0.717) is 5.82 Å². The lowest BCUT2D eigenvalue weighted by atomic mass is 10.1. The molecule has 0 spiro atoms. The molecule has 0 aliphatic rings. The number of benzene rings is 1. The maximum atomic E-state index is 12.0. The number of nitrogens with zero attached hydrogens (tertiary/aromatic N) is 2. The van der Waals surface area contributed by atoms with Crippen molar-refractivity contribution in [2.75, 3.05) is 11.1 Å². The highest BCUT2D eigenvalue weighted by Crippen LogP contribution is 2.19. The number of hydrogen-bond donors (Lipinski definition) is 2. The predicted octanol–water partition coefficient (Wildman–Crippen LogP) is 1.93. The van der Waals surface area contributed by atoms with Gasteiger partial charge in [0.15, 0.2) is 5.69 Å². The van der Waals surface area contributed by atoms with Crippen molar-refractivity contribution in [3.8, 4) is 0 Å². The lowest BCUT2D eigenvalue weighted by Crippen LogP contribution is -2.16. The SMILES string of the molecule is Cc1cccc(C)c1NC(=O)c1ccc(N)nn1. The van der Waals surface area contributed by atoms with Crippen LogP contribution in [0.4, 0.5) is 11.5 Å². The lowest BCUT2D eigenvalue weighted by molar-refractivity contribution is 0.102. The molecule has 1 aromatic carbocycles. The molecule has 2 rings (SSSR count). The fourth-order valence-corrected chi connectivity index (χ4v) is 1.65. The topological polar surface area (TPSA) is 80.9 Å². The summed E-state index contributed by atoms with van der Waals surface area (Å²) in [6.07, 6.45) is 0. The van der Waals surface area contributed by atoms with Crippen LogP contribution in [0.25, 0.3) is 0 Å². The van der Waals surface area contributed by atoms with Gasteiger partial charge in [0, 0.05) is 5.69 Å². The third-order valence-electron chi connectivity index (χ3n) is 2.64. The molecule has 0 aliphatic heterocycles. The smallest absolute Gasteiger partial charge is 0.276 e. The van der Waals surface area contributed by atoms with Gasteiger partial charge in [0.2, 0.25) is 0 Å². The molecule has 2 aromatic rings. The number of carbonyl (C=O) groups is 1. The van der Waals surface area contributed by atoms with Gasteiger partial charge in [-0.05, 0) is 37.1 Å². The van der Waals surface area contributed by atoms with Crippen LogP contribution in [0.15, 0.2) is 30.3 Å². The Bertz CT molecular complexity index is 558. The standard InChI is InChI=1S/C13H14N4O/c1-8-4-3-5-9(2)12(8)15-13(18)10-6-7-11(14)17-16-10/h3-7H,1-2H3,(H2,14,17)(H,15,18). The summed E-state index contributed by atoms with van der Waals surface area (Å²) >= 11 is 0. The Morgan fingerprint density at radius 1 is 1.11 bits per heavy atom. The fraction of sp³-hybridized carbons (Fsp3) is 0.154. The second kappa shape index (κ2) is 4.83. The summed E-state index contributed by atoms with van der Waals surface area (Å²) in [7, 11) is 0. The van der Waals surface area contributed by atoms with Gasteiger partial charge in [-0.15, -0.1) is 10.2 Å². The first kappa shape index (κ1) is 12.0. The highest BCUT2D eigenvalue weighted by atomic mass is 16.1. The molecule has 1 amide bonds. The summed E-state index contributed by atoms with van der Waals surface area (Å²) in [6, 6.07) is 8.93. The molecular weight excluding hydrogens is 228 g/mol. The number of nitrogens with one attached hydrogen (secondary N) is 1. The molecule has 0 saturated carbocycles. The highest BCUT2D eigenvalue weighted by molar-refractivity contribution is 6.03. The fourth-order valence-electron chi connectivity index (χ4n) is 1.65. The lowest BCUT2D eigenvalue weighted by Gasteiger charge is -2.10. The number of aromatic nitrogens is 2. The Morgan fingerprint density at radius 2 is 1.78 bits per heavy atom. The number of hydrogen-bond acceptors (Lipinski definition) is 4. The Kier molecular flexibility index (Phi) is 3.23. The van der Waals surface area contributed by atoms with E-state index in [1.807, 2.05) is 32.0 Å². The predicted molar refractivity (Wildman–Crippen MR) is 70.3 cm³/mol. The number of para-hydroxylation sites is 1. The van der Waals surface area contributed by atoms with E-state index in [2.05, 4.69) is 15.5 Å². The van der Waals surface area contributed by atoms with Gasteiger partial charge in [0.05, 0.1) is 0 Å². The molecule has 5 heteroatoms. The third-order valence-corrected chi connectivity index (χ3v) is 2.64. The van der Waals surface area contributed by atoms with E-state index in [-0.39, 0.29) is 11.6 Å². The van der Waals surface area contributed by atoms with Gasteiger partial charge in [0.25, 0.3) is 5.91 Å². The van der Waals surface area contributed by atoms with E-state index in [1.54, 1.807) is 12.1 Å². The molecule has 0 saturated heterocycles. The summed E-state index contributed by atoms with van der Waals surface area (Å²) in [5.41, 5.74) is 8.48. The van der Waals surface area contributed by atoms with Crippen molar-refractivity contribution in [1.82, 2.24) is 10.2 Å². The Hall–Kier alpha value is -2.43. The van der Waals surface area contributed by atoms with Gasteiger partial charge in [-0.2, -0.15) is 0 Å². The zero-order valence-electron chi connectivity index (χ0n) is 10.3. The Morgan fingerprint density at radius 3 is 2.33 bits per heavy atom. The highest BCUT2D eigenvalue weighted by Gasteiger charge is 2.10. The molecule has 0 bridgehead atoms. The number of nitrogen functional groups attached to an aromatic ring is 1. The van der Waals surface area contributed by atoms with Crippen LogP contribution >= 0.6 is 0 Å². The first-order valence-corrected chi connectivity index (χ1v) is 5.54. The van der Waals surface area contributed by atoms with Gasteiger partial charge >= 0.3 is 0 Å². The zero-order chi connectivity index (χ0) is 13.1. The third kappa shape index (κ3) is 2.45. The van der Waals surface area contributed by atoms with E-state index >= 15 is 0 Å². The van der Waals surface area contributed by atoms with Crippen LogP contribution in [-0.4, -0.2) is 16.1 Å². The maximum absolute atomic E-state index is 12.0. The van der Waals surface area contributed by atoms with E-state index < -0.39 is 0 Å². The Balaban J connectivity index is 2.24. The van der Waals surface area contributed by atoms with Gasteiger partial charge in [-0.3, -0.25) is 4.79 Å². The number of rotatable bonds is 2. The summed E-state index contributed by atoms with van der Waals surface area (Å²) in [5.74, 6) is -0.00137.